The summed E-state index contributed by atoms with van der Waals surface area (Å²) in [7, 11) is 0. The average Bonchev–Trinajstić information content (AvgIpc) is 2.68. The molecule has 1 aromatic carbocycles. The number of carbonyl (C=O) groups excluding carboxylic acids is 2. The van der Waals surface area contributed by atoms with E-state index in [1.165, 1.54) is 12.8 Å². The fourth-order valence-electron chi connectivity index (χ4n) is 3.56. The standard InChI is InChI=1S/C22H35N3O3/c1-5-28-19-8-6-18(7-9-19)22(27)24-15-21(26)23-14-20(16(2)3)25-12-10-17(4)11-13-25/h6-9,16-17,20H,5,10-15H2,1-4H3,(H,23,26)(H,24,27). The SMILES string of the molecule is CCOc1ccc(C(=O)NCC(=O)NCC(C(C)C)N2CCC(C)CC2)cc1. The van der Waals surface area contributed by atoms with Gasteiger partial charge < -0.3 is 15.4 Å². The molecule has 1 unspecified atom stereocenters. The molecule has 1 aliphatic heterocycles. The van der Waals surface area contributed by atoms with Crippen molar-refractivity contribution < 1.29 is 14.3 Å². The number of amides is 2. The third-order valence-electron chi connectivity index (χ3n) is 5.40. The Hall–Kier alpha value is -2.08. The number of carbonyl (C=O) groups is 2. The number of nitrogens with one attached hydrogen (secondary N) is 2. The minimum absolute atomic E-state index is 0.0199. The second-order valence-electron chi connectivity index (χ2n) is 7.97. The van der Waals surface area contributed by atoms with Gasteiger partial charge in [-0.15, -0.1) is 0 Å². The zero-order valence-electron chi connectivity index (χ0n) is 17.7. The molecule has 0 aromatic heterocycles. The van der Waals surface area contributed by atoms with E-state index in [-0.39, 0.29) is 18.4 Å². The number of benzene rings is 1. The van der Waals surface area contributed by atoms with Gasteiger partial charge in [0.2, 0.25) is 5.91 Å². The maximum atomic E-state index is 12.2. The highest BCUT2D eigenvalue weighted by molar-refractivity contribution is 5.96. The lowest BCUT2D eigenvalue weighted by Crippen LogP contribution is -2.50. The van der Waals surface area contributed by atoms with Crippen LogP contribution in [0, 0.1) is 11.8 Å². The lowest BCUT2D eigenvalue weighted by molar-refractivity contribution is -0.120. The number of piperidine rings is 1. The van der Waals surface area contributed by atoms with Crippen molar-refractivity contribution in [2.45, 2.75) is 46.6 Å². The number of hydrogen-bond donors (Lipinski definition) is 2. The van der Waals surface area contributed by atoms with Crippen molar-refractivity contribution in [3.05, 3.63) is 29.8 Å². The van der Waals surface area contributed by atoms with Gasteiger partial charge in [0.25, 0.3) is 5.91 Å². The molecular weight excluding hydrogens is 354 g/mol. The van der Waals surface area contributed by atoms with Crippen LogP contribution in [-0.2, 0) is 4.79 Å². The topological polar surface area (TPSA) is 70.7 Å². The Balaban J connectivity index is 1.76. The van der Waals surface area contributed by atoms with E-state index in [4.69, 9.17) is 4.74 Å². The van der Waals surface area contributed by atoms with Gasteiger partial charge in [0.1, 0.15) is 5.75 Å². The summed E-state index contributed by atoms with van der Waals surface area (Å²) in [6, 6.07) is 7.24. The van der Waals surface area contributed by atoms with Crippen molar-refractivity contribution in [3.63, 3.8) is 0 Å². The van der Waals surface area contributed by atoms with Gasteiger partial charge in [-0.25, -0.2) is 0 Å². The van der Waals surface area contributed by atoms with Crippen molar-refractivity contribution in [1.82, 2.24) is 15.5 Å². The minimum Gasteiger partial charge on any atom is -0.494 e. The maximum Gasteiger partial charge on any atom is 0.251 e. The molecule has 1 heterocycles. The molecule has 1 atom stereocenters. The third-order valence-corrected chi connectivity index (χ3v) is 5.40. The molecule has 1 aromatic rings. The molecular formula is C22H35N3O3. The summed E-state index contributed by atoms with van der Waals surface area (Å²) in [5.74, 6) is 1.56. The molecule has 0 radical (unpaired) electrons. The first-order valence-corrected chi connectivity index (χ1v) is 10.4. The Kier molecular flexibility index (Phi) is 8.77. The zero-order chi connectivity index (χ0) is 20.5. The molecule has 6 heteroatoms. The fraction of sp³-hybridized carbons (Fsp3) is 0.636. The minimum atomic E-state index is -0.261. The summed E-state index contributed by atoms with van der Waals surface area (Å²) >= 11 is 0. The summed E-state index contributed by atoms with van der Waals surface area (Å²) in [4.78, 5) is 26.9. The molecule has 1 fully saturated rings. The van der Waals surface area contributed by atoms with Crippen molar-refractivity contribution in [2.75, 3.05) is 32.8 Å². The lowest BCUT2D eigenvalue weighted by Gasteiger charge is -2.38. The van der Waals surface area contributed by atoms with E-state index < -0.39 is 0 Å². The molecule has 1 aliphatic rings. The fourth-order valence-corrected chi connectivity index (χ4v) is 3.56. The number of hydrogen-bond acceptors (Lipinski definition) is 4. The van der Waals surface area contributed by atoms with Crippen LogP contribution in [-0.4, -0.2) is 55.5 Å². The molecule has 28 heavy (non-hydrogen) atoms. The molecule has 0 saturated carbocycles. The first kappa shape index (κ1) is 22.2. The Morgan fingerprint density at radius 3 is 2.36 bits per heavy atom. The lowest BCUT2D eigenvalue weighted by atomic mass is 9.94. The summed E-state index contributed by atoms with van der Waals surface area (Å²) in [6.45, 7) is 12.0. The van der Waals surface area contributed by atoms with E-state index in [1.807, 2.05) is 6.92 Å². The van der Waals surface area contributed by atoms with Gasteiger partial charge in [-0.3, -0.25) is 14.5 Å². The van der Waals surface area contributed by atoms with E-state index in [1.54, 1.807) is 24.3 Å². The molecule has 2 N–H and O–H groups in total. The van der Waals surface area contributed by atoms with Crippen LogP contribution in [0.5, 0.6) is 5.75 Å². The van der Waals surface area contributed by atoms with E-state index >= 15 is 0 Å². The van der Waals surface area contributed by atoms with Crippen molar-refractivity contribution in [2.24, 2.45) is 11.8 Å². The predicted molar refractivity (Wildman–Crippen MR) is 112 cm³/mol. The maximum absolute atomic E-state index is 12.2. The monoisotopic (exact) mass is 389 g/mol. The molecule has 0 spiro atoms. The number of rotatable bonds is 9. The average molecular weight is 390 g/mol. The molecule has 0 aliphatic carbocycles. The Morgan fingerprint density at radius 1 is 1.14 bits per heavy atom. The summed E-state index contributed by atoms with van der Waals surface area (Å²) in [5, 5.41) is 5.67. The van der Waals surface area contributed by atoms with Crippen LogP contribution in [0.25, 0.3) is 0 Å². The van der Waals surface area contributed by atoms with Gasteiger partial charge >= 0.3 is 0 Å². The van der Waals surface area contributed by atoms with Crippen LogP contribution >= 0.6 is 0 Å². The van der Waals surface area contributed by atoms with Crippen LogP contribution in [0.2, 0.25) is 0 Å². The molecule has 1 saturated heterocycles. The first-order valence-electron chi connectivity index (χ1n) is 10.4. The van der Waals surface area contributed by atoms with Crippen LogP contribution in [0.15, 0.2) is 24.3 Å². The molecule has 6 nitrogen and oxygen atoms in total. The number of nitrogens with zero attached hydrogens (tertiary/aromatic N) is 1. The third kappa shape index (κ3) is 6.82. The summed E-state index contributed by atoms with van der Waals surface area (Å²) < 4.78 is 5.37. The second-order valence-corrected chi connectivity index (χ2v) is 7.97. The van der Waals surface area contributed by atoms with Crippen molar-refractivity contribution in [1.29, 1.82) is 0 Å². The van der Waals surface area contributed by atoms with Crippen LogP contribution in [0.3, 0.4) is 0 Å². The van der Waals surface area contributed by atoms with Crippen LogP contribution in [0.4, 0.5) is 0 Å². The highest BCUT2D eigenvalue weighted by Crippen LogP contribution is 2.21. The Bertz CT molecular complexity index is 622. The zero-order valence-corrected chi connectivity index (χ0v) is 17.7. The Labute approximate surface area is 169 Å². The highest BCUT2D eigenvalue weighted by atomic mass is 16.5. The molecule has 2 rings (SSSR count). The predicted octanol–water partition coefficient (Wildman–Crippen LogP) is 2.69. The van der Waals surface area contributed by atoms with Gasteiger partial charge in [0, 0.05) is 18.2 Å². The van der Waals surface area contributed by atoms with Gasteiger partial charge in [0.15, 0.2) is 0 Å². The Morgan fingerprint density at radius 2 is 1.79 bits per heavy atom. The van der Waals surface area contributed by atoms with E-state index in [9.17, 15) is 9.59 Å². The normalized spacial score (nSPS) is 16.6. The number of ether oxygens (including phenoxy) is 1. The summed E-state index contributed by atoms with van der Waals surface area (Å²) in [6.07, 6.45) is 2.44. The smallest absolute Gasteiger partial charge is 0.251 e. The molecule has 2 amide bonds. The quantitative estimate of drug-likeness (QED) is 0.681. The van der Waals surface area contributed by atoms with Crippen LogP contribution < -0.4 is 15.4 Å². The molecule has 0 bridgehead atoms. The van der Waals surface area contributed by atoms with Gasteiger partial charge in [-0.1, -0.05) is 20.8 Å². The highest BCUT2D eigenvalue weighted by Gasteiger charge is 2.25. The summed E-state index contributed by atoms with van der Waals surface area (Å²) in [5.41, 5.74) is 0.513. The number of likely N-dealkylation sites (tertiary alicyclic amines) is 1. The van der Waals surface area contributed by atoms with Crippen LogP contribution in [0.1, 0.15) is 50.9 Å². The van der Waals surface area contributed by atoms with E-state index in [2.05, 4.69) is 36.3 Å². The second kappa shape index (κ2) is 11.1. The molecule has 156 valence electrons. The van der Waals surface area contributed by atoms with Gasteiger partial charge in [0.05, 0.1) is 13.2 Å². The largest absolute Gasteiger partial charge is 0.494 e. The van der Waals surface area contributed by atoms with Crippen molar-refractivity contribution in [3.8, 4) is 5.75 Å². The van der Waals surface area contributed by atoms with Gasteiger partial charge in [-0.2, -0.15) is 0 Å². The first-order chi connectivity index (χ1) is 13.4. The van der Waals surface area contributed by atoms with E-state index in [0.717, 1.165) is 24.8 Å². The van der Waals surface area contributed by atoms with E-state index in [0.29, 0.717) is 30.7 Å². The van der Waals surface area contributed by atoms with Crippen molar-refractivity contribution >= 4 is 11.8 Å². The van der Waals surface area contributed by atoms with Gasteiger partial charge in [-0.05, 0) is 69.0 Å².